The SMILES string of the molecule is Cc1ccc(Cl)cc1-c1onc(N)c1-c1cccc(F)c1. The van der Waals surface area contributed by atoms with Crippen molar-refractivity contribution >= 4 is 17.4 Å². The highest BCUT2D eigenvalue weighted by molar-refractivity contribution is 6.30. The lowest BCUT2D eigenvalue weighted by Crippen LogP contribution is -1.90. The lowest BCUT2D eigenvalue weighted by atomic mass is 9.98. The summed E-state index contributed by atoms with van der Waals surface area (Å²) in [5.41, 5.74) is 8.82. The van der Waals surface area contributed by atoms with Crippen LogP contribution in [0.2, 0.25) is 5.02 Å². The molecule has 0 spiro atoms. The lowest BCUT2D eigenvalue weighted by Gasteiger charge is -2.06. The topological polar surface area (TPSA) is 52.0 Å². The second-order valence-corrected chi connectivity index (χ2v) is 5.18. The molecule has 3 nitrogen and oxygen atoms in total. The Balaban J connectivity index is 2.24. The van der Waals surface area contributed by atoms with Gasteiger partial charge in [0.2, 0.25) is 0 Å². The summed E-state index contributed by atoms with van der Waals surface area (Å²) in [4.78, 5) is 0. The van der Waals surface area contributed by atoms with E-state index in [2.05, 4.69) is 5.16 Å². The van der Waals surface area contributed by atoms with Crippen molar-refractivity contribution in [2.24, 2.45) is 0 Å². The molecule has 0 fully saturated rings. The smallest absolute Gasteiger partial charge is 0.177 e. The van der Waals surface area contributed by atoms with E-state index in [0.29, 0.717) is 21.9 Å². The summed E-state index contributed by atoms with van der Waals surface area (Å²) in [5, 5.41) is 4.39. The van der Waals surface area contributed by atoms with Gasteiger partial charge < -0.3 is 10.3 Å². The highest BCUT2D eigenvalue weighted by Crippen LogP contribution is 2.38. The molecule has 0 amide bonds. The molecule has 3 aromatic rings. The van der Waals surface area contributed by atoms with Crippen LogP contribution in [0.15, 0.2) is 47.0 Å². The number of aromatic nitrogens is 1. The predicted octanol–water partition coefficient (Wildman–Crippen LogP) is 4.69. The van der Waals surface area contributed by atoms with Crippen LogP contribution >= 0.6 is 11.6 Å². The van der Waals surface area contributed by atoms with E-state index in [1.165, 1.54) is 12.1 Å². The van der Waals surface area contributed by atoms with Gasteiger partial charge in [-0.25, -0.2) is 4.39 Å². The number of nitrogens with zero attached hydrogens (tertiary/aromatic N) is 1. The summed E-state index contributed by atoms with van der Waals surface area (Å²) >= 11 is 6.04. The fraction of sp³-hybridized carbons (Fsp3) is 0.0625. The van der Waals surface area contributed by atoms with Gasteiger partial charge in [-0.1, -0.05) is 35.0 Å². The van der Waals surface area contributed by atoms with E-state index in [1.807, 2.05) is 13.0 Å². The quantitative estimate of drug-likeness (QED) is 0.747. The van der Waals surface area contributed by atoms with Crippen molar-refractivity contribution in [3.05, 3.63) is 58.9 Å². The number of rotatable bonds is 2. The van der Waals surface area contributed by atoms with Crippen molar-refractivity contribution < 1.29 is 8.91 Å². The van der Waals surface area contributed by atoms with E-state index in [-0.39, 0.29) is 11.6 Å². The van der Waals surface area contributed by atoms with Crippen molar-refractivity contribution in [2.75, 3.05) is 5.73 Å². The Hall–Kier alpha value is -2.33. The van der Waals surface area contributed by atoms with E-state index >= 15 is 0 Å². The van der Waals surface area contributed by atoms with Crippen LogP contribution in [-0.2, 0) is 0 Å². The molecule has 0 unspecified atom stereocenters. The molecule has 0 atom stereocenters. The second-order valence-electron chi connectivity index (χ2n) is 4.74. The van der Waals surface area contributed by atoms with Crippen molar-refractivity contribution in [3.63, 3.8) is 0 Å². The summed E-state index contributed by atoms with van der Waals surface area (Å²) in [6.45, 7) is 1.93. The molecule has 1 heterocycles. The van der Waals surface area contributed by atoms with E-state index in [0.717, 1.165) is 11.1 Å². The molecule has 0 aliphatic carbocycles. The maximum absolute atomic E-state index is 13.5. The molecule has 3 rings (SSSR count). The van der Waals surface area contributed by atoms with Gasteiger partial charge in [-0.15, -0.1) is 0 Å². The zero-order chi connectivity index (χ0) is 15.0. The monoisotopic (exact) mass is 302 g/mol. The molecule has 0 bridgehead atoms. The normalized spacial score (nSPS) is 10.8. The molecule has 0 aliphatic rings. The van der Waals surface area contributed by atoms with Gasteiger partial charge in [0.15, 0.2) is 11.6 Å². The Morgan fingerprint density at radius 1 is 1.19 bits per heavy atom. The minimum Gasteiger partial charge on any atom is -0.380 e. The third-order valence-corrected chi connectivity index (χ3v) is 3.51. The first-order chi connectivity index (χ1) is 10.1. The van der Waals surface area contributed by atoms with E-state index in [9.17, 15) is 4.39 Å². The largest absolute Gasteiger partial charge is 0.380 e. The molecule has 2 aromatic carbocycles. The van der Waals surface area contributed by atoms with Crippen LogP contribution in [0, 0.1) is 12.7 Å². The van der Waals surface area contributed by atoms with Crippen LogP contribution < -0.4 is 5.73 Å². The minimum absolute atomic E-state index is 0.218. The van der Waals surface area contributed by atoms with Gasteiger partial charge >= 0.3 is 0 Å². The number of nitrogens with two attached hydrogens (primary N) is 1. The van der Waals surface area contributed by atoms with Crippen LogP contribution in [0.25, 0.3) is 22.5 Å². The molecule has 0 radical (unpaired) electrons. The molecule has 21 heavy (non-hydrogen) atoms. The van der Waals surface area contributed by atoms with Crippen LogP contribution in [0.3, 0.4) is 0 Å². The average molecular weight is 303 g/mol. The Morgan fingerprint density at radius 2 is 2.00 bits per heavy atom. The summed E-state index contributed by atoms with van der Waals surface area (Å²) in [6.07, 6.45) is 0. The lowest BCUT2D eigenvalue weighted by molar-refractivity contribution is 0.436. The Bertz CT molecular complexity index is 814. The molecular weight excluding hydrogens is 291 g/mol. The van der Waals surface area contributed by atoms with Crippen LogP contribution in [0.5, 0.6) is 0 Å². The van der Waals surface area contributed by atoms with Crippen LogP contribution in [0.4, 0.5) is 10.2 Å². The van der Waals surface area contributed by atoms with Crippen molar-refractivity contribution in [2.45, 2.75) is 6.92 Å². The number of hydrogen-bond donors (Lipinski definition) is 1. The van der Waals surface area contributed by atoms with Crippen molar-refractivity contribution in [1.82, 2.24) is 5.16 Å². The third-order valence-electron chi connectivity index (χ3n) is 3.28. The zero-order valence-electron chi connectivity index (χ0n) is 11.2. The zero-order valence-corrected chi connectivity index (χ0v) is 12.0. The third kappa shape index (κ3) is 2.50. The highest BCUT2D eigenvalue weighted by Gasteiger charge is 2.19. The van der Waals surface area contributed by atoms with E-state index in [4.69, 9.17) is 21.9 Å². The minimum atomic E-state index is -0.345. The number of hydrogen-bond acceptors (Lipinski definition) is 3. The maximum Gasteiger partial charge on any atom is 0.177 e. The molecule has 106 valence electrons. The molecule has 0 saturated heterocycles. The Labute approximate surface area is 126 Å². The Kier molecular flexibility index (Phi) is 3.39. The number of aryl methyl sites for hydroxylation is 1. The first-order valence-electron chi connectivity index (χ1n) is 6.34. The average Bonchev–Trinajstić information content (AvgIpc) is 2.83. The predicted molar refractivity (Wildman–Crippen MR) is 81.5 cm³/mol. The fourth-order valence-corrected chi connectivity index (χ4v) is 2.42. The Morgan fingerprint density at radius 3 is 2.76 bits per heavy atom. The number of benzene rings is 2. The maximum atomic E-state index is 13.5. The molecule has 5 heteroatoms. The summed E-state index contributed by atoms with van der Waals surface area (Å²) < 4.78 is 18.8. The second kappa shape index (κ2) is 5.22. The molecular formula is C16H12ClFN2O. The first-order valence-corrected chi connectivity index (χ1v) is 6.71. The molecule has 2 N–H and O–H groups in total. The molecule has 0 saturated carbocycles. The van der Waals surface area contributed by atoms with Crippen LogP contribution in [0.1, 0.15) is 5.56 Å². The van der Waals surface area contributed by atoms with E-state index in [1.54, 1.807) is 24.3 Å². The van der Waals surface area contributed by atoms with Gasteiger partial charge in [0.05, 0.1) is 5.56 Å². The molecule has 1 aromatic heterocycles. The summed E-state index contributed by atoms with van der Waals surface area (Å²) in [5.74, 6) is 0.356. The van der Waals surface area contributed by atoms with Gasteiger partial charge in [-0.3, -0.25) is 0 Å². The van der Waals surface area contributed by atoms with Crippen LogP contribution in [-0.4, -0.2) is 5.16 Å². The summed E-state index contributed by atoms with van der Waals surface area (Å²) in [7, 11) is 0. The standard InChI is InChI=1S/C16H12ClFN2O/c1-9-5-6-11(17)8-13(9)15-14(16(19)20-21-15)10-3-2-4-12(18)7-10/h2-8H,1H3,(H2,19,20). The van der Waals surface area contributed by atoms with Crippen molar-refractivity contribution in [1.29, 1.82) is 0 Å². The van der Waals surface area contributed by atoms with Gasteiger partial charge in [0.1, 0.15) is 5.82 Å². The number of halogens is 2. The van der Waals surface area contributed by atoms with Gasteiger partial charge in [0.25, 0.3) is 0 Å². The van der Waals surface area contributed by atoms with Crippen molar-refractivity contribution in [3.8, 4) is 22.5 Å². The first kappa shape index (κ1) is 13.6. The van der Waals surface area contributed by atoms with Gasteiger partial charge in [0, 0.05) is 10.6 Å². The van der Waals surface area contributed by atoms with Gasteiger partial charge in [-0.05, 0) is 42.3 Å². The summed E-state index contributed by atoms with van der Waals surface area (Å²) in [6, 6.07) is 11.6. The number of nitrogen functional groups attached to an aromatic ring is 1. The fourth-order valence-electron chi connectivity index (χ4n) is 2.25. The van der Waals surface area contributed by atoms with Gasteiger partial charge in [-0.2, -0.15) is 0 Å². The highest BCUT2D eigenvalue weighted by atomic mass is 35.5. The molecule has 0 aliphatic heterocycles. The number of anilines is 1. The van der Waals surface area contributed by atoms with E-state index < -0.39 is 0 Å².